The molecular weight excluding hydrogens is 610 g/mol. The van der Waals surface area contributed by atoms with E-state index in [2.05, 4.69) is 17.6 Å². The lowest BCUT2D eigenvalue weighted by atomic mass is 10.0. The van der Waals surface area contributed by atoms with Gasteiger partial charge in [-0.1, -0.05) is 51.5 Å². The van der Waals surface area contributed by atoms with E-state index in [-0.39, 0.29) is 54.6 Å². The van der Waals surface area contributed by atoms with Gasteiger partial charge in [-0.25, -0.2) is 0 Å². The van der Waals surface area contributed by atoms with Crippen molar-refractivity contribution in [3.05, 3.63) is 29.3 Å². The van der Waals surface area contributed by atoms with Crippen LogP contribution >= 0.6 is 0 Å². The second-order valence-electron chi connectivity index (χ2n) is 11.6. The van der Waals surface area contributed by atoms with Gasteiger partial charge in [0.2, 0.25) is 17.7 Å². The normalized spacial score (nSPS) is 15.9. The summed E-state index contributed by atoms with van der Waals surface area (Å²) in [7, 11) is 0. The fraction of sp³-hybridized carbons (Fsp3) is 0.647. The topological polar surface area (TPSA) is 167 Å². The molecular formula is C34H49N3O10. The first-order valence-corrected chi connectivity index (χ1v) is 16.9. The molecule has 2 N–H and O–H groups in total. The largest absolute Gasteiger partial charge is 0.463 e. The van der Waals surface area contributed by atoms with Crippen LogP contribution in [-0.2, 0) is 38.1 Å². The second kappa shape index (κ2) is 21.2. The van der Waals surface area contributed by atoms with E-state index in [1.54, 1.807) is 12.1 Å². The number of piperidine rings is 1. The summed E-state index contributed by atoms with van der Waals surface area (Å²) in [6.07, 6.45) is 9.72. The highest BCUT2D eigenvalue weighted by Crippen LogP contribution is 2.32. The van der Waals surface area contributed by atoms with Gasteiger partial charge in [0, 0.05) is 25.9 Å². The molecule has 2 heterocycles. The summed E-state index contributed by atoms with van der Waals surface area (Å²) in [6, 6.07) is 3.53. The minimum Gasteiger partial charge on any atom is -0.463 e. The van der Waals surface area contributed by atoms with E-state index in [0.717, 1.165) is 30.6 Å². The van der Waals surface area contributed by atoms with Crippen molar-refractivity contribution >= 4 is 41.2 Å². The highest BCUT2D eigenvalue weighted by molar-refractivity contribution is 6.26. The monoisotopic (exact) mass is 659 g/mol. The summed E-state index contributed by atoms with van der Waals surface area (Å²) < 4.78 is 21.6. The molecule has 1 aromatic carbocycles. The summed E-state index contributed by atoms with van der Waals surface area (Å²) >= 11 is 0. The number of carbonyl (C=O) groups is 6. The second-order valence-corrected chi connectivity index (χ2v) is 11.6. The van der Waals surface area contributed by atoms with Gasteiger partial charge in [0.25, 0.3) is 11.8 Å². The van der Waals surface area contributed by atoms with Gasteiger partial charge in [0.1, 0.15) is 12.6 Å². The van der Waals surface area contributed by atoms with Gasteiger partial charge < -0.3 is 24.3 Å². The number of carbonyl (C=O) groups excluding carboxylic acids is 6. The predicted octanol–water partition coefficient (Wildman–Crippen LogP) is 3.93. The fourth-order valence-corrected chi connectivity index (χ4v) is 5.38. The standard InChI is InChI=1S/C34H49N3O10/c1-2-3-4-5-6-9-15-30(40)47-24-23-46-22-21-45-20-19-44-18-10-7-8-14-28(38)35-26-13-11-12-25-31(26)34(43)37(33(25)42)27-16-17-29(39)36-32(27)41/h11-13,27H,2-10,14-24H2,1H3,(H,35,38)(H,36,39,41). The molecule has 1 fully saturated rings. The van der Waals surface area contributed by atoms with Crippen molar-refractivity contribution in [1.29, 1.82) is 0 Å². The molecule has 260 valence electrons. The first-order valence-electron chi connectivity index (χ1n) is 16.9. The number of anilines is 1. The number of nitrogens with one attached hydrogen (secondary N) is 2. The van der Waals surface area contributed by atoms with Gasteiger partial charge in [-0.3, -0.25) is 39.0 Å². The molecule has 0 aromatic heterocycles. The van der Waals surface area contributed by atoms with Crippen LogP contribution in [0.3, 0.4) is 0 Å². The number of fused-ring (bicyclic) bond motifs is 1. The summed E-state index contributed by atoms with van der Waals surface area (Å²) in [5, 5.41) is 4.89. The smallest absolute Gasteiger partial charge is 0.305 e. The molecule has 5 amide bonds. The molecule has 1 aromatic rings. The first kappa shape index (κ1) is 37.8. The van der Waals surface area contributed by atoms with Crippen LogP contribution in [0.5, 0.6) is 0 Å². The average molecular weight is 660 g/mol. The minimum absolute atomic E-state index is 0.0310. The number of imide groups is 2. The third-order valence-electron chi connectivity index (χ3n) is 7.90. The fourth-order valence-electron chi connectivity index (χ4n) is 5.38. The van der Waals surface area contributed by atoms with Crippen molar-refractivity contribution in [3.63, 3.8) is 0 Å². The van der Waals surface area contributed by atoms with Crippen molar-refractivity contribution < 1.29 is 47.7 Å². The van der Waals surface area contributed by atoms with Crippen molar-refractivity contribution in [2.45, 2.75) is 96.4 Å². The number of hydrogen-bond acceptors (Lipinski definition) is 10. The molecule has 0 spiro atoms. The molecule has 0 saturated carbocycles. The van der Waals surface area contributed by atoms with Crippen molar-refractivity contribution in [1.82, 2.24) is 10.2 Å². The zero-order valence-corrected chi connectivity index (χ0v) is 27.5. The molecule has 3 rings (SSSR count). The van der Waals surface area contributed by atoms with Gasteiger partial charge in [-0.2, -0.15) is 0 Å². The Hall–Kier alpha value is -3.68. The third-order valence-corrected chi connectivity index (χ3v) is 7.90. The summed E-state index contributed by atoms with van der Waals surface area (Å²) in [5.74, 6) is -2.88. The first-order chi connectivity index (χ1) is 22.8. The number of unbranched alkanes of at least 4 members (excludes halogenated alkanes) is 7. The highest BCUT2D eigenvalue weighted by atomic mass is 16.6. The average Bonchev–Trinajstić information content (AvgIpc) is 3.30. The highest BCUT2D eigenvalue weighted by Gasteiger charge is 2.45. The maximum atomic E-state index is 13.2. The third kappa shape index (κ3) is 12.8. The van der Waals surface area contributed by atoms with Gasteiger partial charge in [-0.05, 0) is 37.8 Å². The maximum Gasteiger partial charge on any atom is 0.305 e. The lowest BCUT2D eigenvalue weighted by Gasteiger charge is -2.27. The van der Waals surface area contributed by atoms with Crippen molar-refractivity contribution in [3.8, 4) is 0 Å². The lowest BCUT2D eigenvalue weighted by molar-refractivity contribution is -0.145. The van der Waals surface area contributed by atoms with E-state index in [0.29, 0.717) is 52.5 Å². The van der Waals surface area contributed by atoms with Crippen molar-refractivity contribution in [2.24, 2.45) is 0 Å². The minimum atomic E-state index is -1.07. The molecule has 13 heteroatoms. The molecule has 47 heavy (non-hydrogen) atoms. The molecule has 13 nitrogen and oxygen atoms in total. The van der Waals surface area contributed by atoms with Crippen LogP contribution in [-0.4, -0.2) is 92.7 Å². The Labute approximate surface area is 276 Å². The number of nitrogens with zero attached hydrogens (tertiary/aromatic N) is 1. The molecule has 1 unspecified atom stereocenters. The summed E-state index contributed by atoms with van der Waals surface area (Å²) in [5.41, 5.74) is 0.386. The van der Waals surface area contributed by atoms with Crippen LogP contribution in [0.2, 0.25) is 0 Å². The zero-order chi connectivity index (χ0) is 33.9. The van der Waals surface area contributed by atoms with Gasteiger partial charge >= 0.3 is 5.97 Å². The summed E-state index contributed by atoms with van der Waals surface area (Å²) in [4.78, 5) is 75.0. The van der Waals surface area contributed by atoms with Gasteiger partial charge in [0.15, 0.2) is 0 Å². The number of rotatable bonds is 24. The Bertz CT molecular complexity index is 1220. The van der Waals surface area contributed by atoms with Crippen LogP contribution in [0, 0.1) is 0 Å². The summed E-state index contributed by atoms with van der Waals surface area (Å²) in [6.45, 7) is 5.01. The van der Waals surface area contributed by atoms with Crippen molar-refractivity contribution in [2.75, 3.05) is 51.6 Å². The Kier molecular flexibility index (Phi) is 17.1. The van der Waals surface area contributed by atoms with Gasteiger partial charge in [0.05, 0.1) is 49.8 Å². The number of ether oxygens (including phenoxy) is 4. The molecule has 1 saturated heterocycles. The van der Waals surface area contributed by atoms with Crippen LogP contribution in [0.1, 0.15) is 111 Å². The predicted molar refractivity (Wildman–Crippen MR) is 172 cm³/mol. The van der Waals surface area contributed by atoms with Crippen LogP contribution in [0.15, 0.2) is 18.2 Å². The Morgan fingerprint density at radius 3 is 2.15 bits per heavy atom. The van der Waals surface area contributed by atoms with Gasteiger partial charge in [-0.15, -0.1) is 0 Å². The van der Waals surface area contributed by atoms with Crippen LogP contribution in [0.4, 0.5) is 5.69 Å². The van der Waals surface area contributed by atoms with E-state index in [1.807, 2.05) is 0 Å². The molecule has 2 aliphatic rings. The van der Waals surface area contributed by atoms with Crippen LogP contribution < -0.4 is 10.6 Å². The Balaban J connectivity index is 1.17. The molecule has 1 atom stereocenters. The van der Waals surface area contributed by atoms with E-state index >= 15 is 0 Å². The van der Waals surface area contributed by atoms with E-state index in [1.165, 1.54) is 31.7 Å². The molecule has 0 aliphatic carbocycles. The Morgan fingerprint density at radius 1 is 0.787 bits per heavy atom. The maximum absolute atomic E-state index is 13.2. The quantitative estimate of drug-likeness (QED) is 0.0943. The molecule has 0 bridgehead atoms. The van der Waals surface area contributed by atoms with E-state index in [4.69, 9.17) is 18.9 Å². The molecule has 2 aliphatic heterocycles. The van der Waals surface area contributed by atoms with E-state index in [9.17, 15) is 28.8 Å². The Morgan fingerprint density at radius 2 is 1.43 bits per heavy atom. The number of hydrogen-bond donors (Lipinski definition) is 2. The SMILES string of the molecule is CCCCCCCCC(=O)OCCOCCOCCOCCCCCC(=O)Nc1cccc2c1C(=O)N(C1CCC(=O)NC1=O)C2=O. The number of benzene rings is 1. The molecule has 0 radical (unpaired) electrons. The van der Waals surface area contributed by atoms with Crippen LogP contribution in [0.25, 0.3) is 0 Å². The number of esters is 1. The lowest BCUT2D eigenvalue weighted by Crippen LogP contribution is -2.54. The number of amides is 5. The van der Waals surface area contributed by atoms with E-state index < -0.39 is 29.7 Å². The zero-order valence-electron chi connectivity index (χ0n) is 27.5.